The maximum atomic E-state index is 5.73. The Morgan fingerprint density at radius 1 is 1.14 bits per heavy atom. The molecule has 0 aliphatic heterocycles. The van der Waals surface area contributed by atoms with Crippen LogP contribution in [0.5, 0.6) is 0 Å². The number of halogens is 1. The summed E-state index contributed by atoms with van der Waals surface area (Å²) in [6, 6.07) is 5.44. The minimum absolute atomic E-state index is 0.616. The highest BCUT2D eigenvalue weighted by atomic mass is 35.5. The van der Waals surface area contributed by atoms with E-state index in [4.69, 9.17) is 17.3 Å². The summed E-state index contributed by atoms with van der Waals surface area (Å²) in [5.74, 6) is 0. The number of pyridine rings is 2. The number of anilines is 1. The predicted molar refractivity (Wildman–Crippen MR) is 56.9 cm³/mol. The zero-order chi connectivity index (χ0) is 9.97. The van der Waals surface area contributed by atoms with Crippen LogP contribution in [0, 0.1) is 0 Å². The Labute approximate surface area is 86.6 Å². The van der Waals surface area contributed by atoms with Crippen molar-refractivity contribution in [2.45, 2.75) is 0 Å². The van der Waals surface area contributed by atoms with Gasteiger partial charge in [-0.1, -0.05) is 11.6 Å². The van der Waals surface area contributed by atoms with Crippen molar-refractivity contribution in [3.8, 4) is 11.3 Å². The standard InChI is InChI=1S/C10H8ClN3/c11-8-1-2-10(14-5-8)7-3-9(12)6-13-4-7/h1-6H,12H2. The van der Waals surface area contributed by atoms with Crippen LogP contribution in [0.15, 0.2) is 36.8 Å². The van der Waals surface area contributed by atoms with Gasteiger partial charge in [0, 0.05) is 24.2 Å². The van der Waals surface area contributed by atoms with E-state index >= 15 is 0 Å². The average Bonchev–Trinajstić information content (AvgIpc) is 2.19. The van der Waals surface area contributed by atoms with Gasteiger partial charge in [0.25, 0.3) is 0 Å². The molecule has 0 saturated heterocycles. The van der Waals surface area contributed by atoms with Crippen LogP contribution in [0.2, 0.25) is 5.02 Å². The third-order valence-corrected chi connectivity index (χ3v) is 2.01. The highest BCUT2D eigenvalue weighted by molar-refractivity contribution is 6.30. The number of nitrogen functional groups attached to an aromatic ring is 1. The van der Waals surface area contributed by atoms with Crippen LogP contribution in [0.25, 0.3) is 11.3 Å². The van der Waals surface area contributed by atoms with Crippen LogP contribution in [-0.4, -0.2) is 9.97 Å². The van der Waals surface area contributed by atoms with Gasteiger partial charge in [-0.2, -0.15) is 0 Å². The van der Waals surface area contributed by atoms with E-state index in [1.807, 2.05) is 12.1 Å². The smallest absolute Gasteiger partial charge is 0.0719 e. The molecule has 0 radical (unpaired) electrons. The average molecular weight is 206 g/mol. The molecular formula is C10H8ClN3. The highest BCUT2D eigenvalue weighted by Gasteiger charge is 1.99. The minimum atomic E-state index is 0.616. The first-order chi connectivity index (χ1) is 6.75. The van der Waals surface area contributed by atoms with Gasteiger partial charge in [-0.25, -0.2) is 0 Å². The molecule has 70 valence electrons. The molecule has 0 atom stereocenters. The van der Waals surface area contributed by atoms with Crippen molar-refractivity contribution in [2.75, 3.05) is 5.73 Å². The summed E-state index contributed by atoms with van der Waals surface area (Å²) in [6.45, 7) is 0. The van der Waals surface area contributed by atoms with Crippen LogP contribution >= 0.6 is 11.6 Å². The molecular weight excluding hydrogens is 198 g/mol. The normalized spacial score (nSPS) is 10.1. The van der Waals surface area contributed by atoms with E-state index in [2.05, 4.69) is 9.97 Å². The number of nitrogens with zero attached hydrogens (tertiary/aromatic N) is 2. The number of nitrogens with two attached hydrogens (primary N) is 1. The summed E-state index contributed by atoms with van der Waals surface area (Å²) in [6.07, 6.45) is 4.91. The fraction of sp³-hybridized carbons (Fsp3) is 0. The summed E-state index contributed by atoms with van der Waals surface area (Å²) in [5, 5.41) is 0.616. The zero-order valence-electron chi connectivity index (χ0n) is 7.31. The highest BCUT2D eigenvalue weighted by Crippen LogP contribution is 2.19. The summed E-state index contributed by atoms with van der Waals surface area (Å²) >= 11 is 5.73. The van der Waals surface area contributed by atoms with E-state index < -0.39 is 0 Å². The Balaban J connectivity index is 2.44. The maximum absolute atomic E-state index is 5.73. The molecule has 0 bridgehead atoms. The molecule has 0 aliphatic rings. The molecule has 14 heavy (non-hydrogen) atoms. The molecule has 2 rings (SSSR count). The summed E-state index contributed by atoms with van der Waals surface area (Å²) < 4.78 is 0. The van der Waals surface area contributed by atoms with Crippen molar-refractivity contribution in [1.29, 1.82) is 0 Å². The first-order valence-electron chi connectivity index (χ1n) is 4.08. The third-order valence-electron chi connectivity index (χ3n) is 1.78. The molecule has 2 aromatic heterocycles. The zero-order valence-corrected chi connectivity index (χ0v) is 8.07. The lowest BCUT2D eigenvalue weighted by Crippen LogP contribution is -1.89. The summed E-state index contributed by atoms with van der Waals surface area (Å²) in [5.41, 5.74) is 7.94. The van der Waals surface area contributed by atoms with Gasteiger partial charge < -0.3 is 5.73 Å². The minimum Gasteiger partial charge on any atom is -0.397 e. The van der Waals surface area contributed by atoms with E-state index in [1.54, 1.807) is 24.7 Å². The Morgan fingerprint density at radius 2 is 2.00 bits per heavy atom. The summed E-state index contributed by atoms with van der Waals surface area (Å²) in [4.78, 5) is 8.15. The van der Waals surface area contributed by atoms with Crippen LogP contribution in [0.4, 0.5) is 5.69 Å². The van der Waals surface area contributed by atoms with E-state index in [0.717, 1.165) is 11.3 Å². The molecule has 0 amide bonds. The van der Waals surface area contributed by atoms with Crippen molar-refractivity contribution >= 4 is 17.3 Å². The van der Waals surface area contributed by atoms with Gasteiger partial charge in [0.1, 0.15) is 0 Å². The fourth-order valence-electron chi connectivity index (χ4n) is 1.14. The topological polar surface area (TPSA) is 51.8 Å². The third kappa shape index (κ3) is 1.83. The van der Waals surface area contributed by atoms with Gasteiger partial charge in [0.2, 0.25) is 0 Å². The maximum Gasteiger partial charge on any atom is 0.0719 e. The number of hydrogen-bond donors (Lipinski definition) is 1. The molecule has 2 heterocycles. The molecule has 4 heteroatoms. The first kappa shape index (κ1) is 8.97. The second kappa shape index (κ2) is 3.64. The predicted octanol–water partition coefficient (Wildman–Crippen LogP) is 2.38. The molecule has 0 aromatic carbocycles. The SMILES string of the molecule is Nc1cncc(-c2ccc(Cl)cn2)c1. The molecule has 2 aromatic rings. The van der Waals surface area contributed by atoms with Gasteiger partial charge in [0.05, 0.1) is 16.4 Å². The van der Waals surface area contributed by atoms with Gasteiger partial charge in [-0.05, 0) is 18.2 Å². The summed E-state index contributed by atoms with van der Waals surface area (Å²) in [7, 11) is 0. The van der Waals surface area contributed by atoms with Crippen molar-refractivity contribution in [1.82, 2.24) is 9.97 Å². The molecule has 0 saturated carbocycles. The van der Waals surface area contributed by atoms with Gasteiger partial charge in [-0.15, -0.1) is 0 Å². The van der Waals surface area contributed by atoms with Gasteiger partial charge in [0.15, 0.2) is 0 Å². The lowest BCUT2D eigenvalue weighted by atomic mass is 10.2. The van der Waals surface area contributed by atoms with E-state index in [1.165, 1.54) is 0 Å². The van der Waals surface area contributed by atoms with E-state index in [-0.39, 0.29) is 0 Å². The second-order valence-electron chi connectivity index (χ2n) is 2.87. The van der Waals surface area contributed by atoms with Crippen LogP contribution < -0.4 is 5.73 Å². The monoisotopic (exact) mass is 205 g/mol. The van der Waals surface area contributed by atoms with Crippen molar-refractivity contribution in [3.05, 3.63) is 41.8 Å². The van der Waals surface area contributed by atoms with Crippen molar-refractivity contribution in [3.63, 3.8) is 0 Å². The van der Waals surface area contributed by atoms with Crippen molar-refractivity contribution < 1.29 is 0 Å². The number of rotatable bonds is 1. The largest absolute Gasteiger partial charge is 0.397 e. The van der Waals surface area contributed by atoms with E-state index in [0.29, 0.717) is 10.7 Å². The molecule has 0 aliphatic carbocycles. The number of aromatic nitrogens is 2. The quantitative estimate of drug-likeness (QED) is 0.778. The Bertz CT molecular complexity index is 439. The Morgan fingerprint density at radius 3 is 2.64 bits per heavy atom. The van der Waals surface area contributed by atoms with E-state index in [9.17, 15) is 0 Å². The molecule has 0 unspecified atom stereocenters. The van der Waals surface area contributed by atoms with Crippen molar-refractivity contribution in [2.24, 2.45) is 0 Å². The first-order valence-corrected chi connectivity index (χ1v) is 4.46. The van der Waals surface area contributed by atoms with Crippen LogP contribution in [0.1, 0.15) is 0 Å². The Hall–Kier alpha value is -1.61. The molecule has 2 N–H and O–H groups in total. The lowest BCUT2D eigenvalue weighted by molar-refractivity contribution is 1.28. The lowest BCUT2D eigenvalue weighted by Gasteiger charge is -2.00. The van der Waals surface area contributed by atoms with Crippen LogP contribution in [0.3, 0.4) is 0 Å². The second-order valence-corrected chi connectivity index (χ2v) is 3.31. The molecule has 3 nitrogen and oxygen atoms in total. The molecule has 0 fully saturated rings. The molecule has 0 spiro atoms. The fourth-order valence-corrected chi connectivity index (χ4v) is 1.26. The van der Waals surface area contributed by atoms with Gasteiger partial charge >= 0.3 is 0 Å². The van der Waals surface area contributed by atoms with Crippen LogP contribution in [-0.2, 0) is 0 Å². The number of hydrogen-bond acceptors (Lipinski definition) is 3. The Kier molecular flexibility index (Phi) is 2.33. The van der Waals surface area contributed by atoms with Gasteiger partial charge in [-0.3, -0.25) is 9.97 Å².